The Morgan fingerprint density at radius 3 is 2.52 bits per heavy atom. The van der Waals surface area contributed by atoms with Crippen LogP contribution in [0.15, 0.2) is 36.7 Å². The highest BCUT2D eigenvalue weighted by molar-refractivity contribution is 5.81. The van der Waals surface area contributed by atoms with Gasteiger partial charge in [-0.25, -0.2) is 9.78 Å². The summed E-state index contributed by atoms with van der Waals surface area (Å²) in [5.41, 5.74) is 0.345. The predicted octanol–water partition coefficient (Wildman–Crippen LogP) is 2.11. The molecule has 1 atom stereocenters. The Balaban J connectivity index is 1.24. The molecular weight excluding hydrogens is 422 g/mol. The fourth-order valence-electron chi connectivity index (χ4n) is 5.09. The minimum atomic E-state index is -0.647. The van der Waals surface area contributed by atoms with Gasteiger partial charge in [-0.15, -0.1) is 0 Å². The fourth-order valence-corrected chi connectivity index (χ4v) is 5.09. The number of carbonyl (C=O) groups excluding carboxylic acids is 2. The van der Waals surface area contributed by atoms with Crippen molar-refractivity contribution in [1.29, 1.82) is 0 Å². The van der Waals surface area contributed by atoms with Gasteiger partial charge in [0, 0.05) is 58.0 Å². The van der Waals surface area contributed by atoms with Crippen molar-refractivity contribution in [3.8, 4) is 5.75 Å². The molecule has 0 radical (unpaired) electrons. The monoisotopic (exact) mass is 453 g/mol. The summed E-state index contributed by atoms with van der Waals surface area (Å²) < 4.78 is 13.7. The van der Waals surface area contributed by atoms with E-state index in [1.54, 1.807) is 13.3 Å². The maximum atomic E-state index is 13.0. The number of hydrogen-bond donors (Lipinski definition) is 1. The first kappa shape index (κ1) is 21.8. The van der Waals surface area contributed by atoms with Gasteiger partial charge < -0.3 is 29.2 Å². The molecule has 5 rings (SSSR count). The van der Waals surface area contributed by atoms with E-state index in [9.17, 15) is 9.59 Å². The number of ether oxygens (including phenoxy) is 2. The molecule has 2 aromatic rings. The van der Waals surface area contributed by atoms with Gasteiger partial charge in [-0.3, -0.25) is 4.79 Å². The number of methoxy groups -OCH3 is 1. The molecule has 1 aromatic heterocycles. The van der Waals surface area contributed by atoms with E-state index in [0.717, 1.165) is 43.1 Å². The van der Waals surface area contributed by atoms with Crippen molar-refractivity contribution in [1.82, 2.24) is 24.7 Å². The number of urea groups is 1. The van der Waals surface area contributed by atoms with Crippen LogP contribution in [0, 0.1) is 0 Å². The Morgan fingerprint density at radius 2 is 1.82 bits per heavy atom. The Labute approximate surface area is 193 Å². The molecular formula is C24H31N5O4. The van der Waals surface area contributed by atoms with Crippen LogP contribution in [0.3, 0.4) is 0 Å². The molecule has 0 aliphatic carbocycles. The molecule has 1 unspecified atom stereocenters. The average molecular weight is 454 g/mol. The first-order valence-corrected chi connectivity index (χ1v) is 11.7. The molecule has 0 saturated carbocycles. The van der Waals surface area contributed by atoms with Gasteiger partial charge >= 0.3 is 6.03 Å². The number of nitrogens with zero attached hydrogens (tertiary/aromatic N) is 4. The third-order valence-corrected chi connectivity index (χ3v) is 6.99. The van der Waals surface area contributed by atoms with Crippen molar-refractivity contribution in [2.45, 2.75) is 50.5 Å². The molecule has 4 heterocycles. The van der Waals surface area contributed by atoms with E-state index >= 15 is 0 Å². The van der Waals surface area contributed by atoms with Crippen molar-refractivity contribution in [3.63, 3.8) is 0 Å². The first-order valence-electron chi connectivity index (χ1n) is 11.7. The van der Waals surface area contributed by atoms with Crippen molar-refractivity contribution < 1.29 is 19.1 Å². The van der Waals surface area contributed by atoms with Crippen molar-refractivity contribution in [2.24, 2.45) is 0 Å². The third kappa shape index (κ3) is 4.29. The predicted molar refractivity (Wildman–Crippen MR) is 121 cm³/mol. The van der Waals surface area contributed by atoms with E-state index in [4.69, 9.17) is 9.47 Å². The molecule has 3 aliphatic rings. The lowest BCUT2D eigenvalue weighted by molar-refractivity contribution is -0.172. The summed E-state index contributed by atoms with van der Waals surface area (Å²) in [6.45, 7) is 3.74. The normalized spacial score (nSPS) is 21.7. The highest BCUT2D eigenvalue weighted by Crippen LogP contribution is 2.40. The Kier molecular flexibility index (Phi) is 5.97. The number of imidazole rings is 1. The van der Waals surface area contributed by atoms with Gasteiger partial charge in [-0.1, -0.05) is 12.1 Å². The molecule has 0 bridgehead atoms. The van der Waals surface area contributed by atoms with Crippen LogP contribution in [0.1, 0.15) is 37.1 Å². The van der Waals surface area contributed by atoms with E-state index in [1.165, 1.54) is 0 Å². The maximum Gasteiger partial charge on any atom is 0.320 e. The number of aromatic nitrogens is 2. The lowest BCUT2D eigenvalue weighted by Gasteiger charge is -2.46. The van der Waals surface area contributed by atoms with Crippen LogP contribution < -0.4 is 10.1 Å². The second-order valence-electron chi connectivity index (χ2n) is 9.03. The molecule has 2 saturated heterocycles. The summed E-state index contributed by atoms with van der Waals surface area (Å²) in [6, 6.07) is 7.74. The topological polar surface area (TPSA) is 88.9 Å². The highest BCUT2D eigenvalue weighted by atomic mass is 16.5. The number of fused-ring (bicyclic) bond motifs is 2. The van der Waals surface area contributed by atoms with E-state index in [0.29, 0.717) is 39.0 Å². The molecule has 3 aliphatic heterocycles. The van der Waals surface area contributed by atoms with Crippen LogP contribution in [-0.2, 0) is 28.2 Å². The quantitative estimate of drug-likeness (QED) is 0.766. The number of rotatable bonds is 4. The smallest absolute Gasteiger partial charge is 0.320 e. The van der Waals surface area contributed by atoms with Crippen LogP contribution in [0.5, 0.6) is 5.75 Å². The zero-order valence-corrected chi connectivity index (χ0v) is 19.0. The van der Waals surface area contributed by atoms with E-state index in [-0.39, 0.29) is 11.9 Å². The molecule has 33 heavy (non-hydrogen) atoms. The van der Waals surface area contributed by atoms with Gasteiger partial charge in [-0.05, 0) is 30.5 Å². The summed E-state index contributed by atoms with van der Waals surface area (Å²) in [7, 11) is 1.63. The molecule has 176 valence electrons. The number of likely N-dealkylation sites (tertiary alicyclic amines) is 2. The molecule has 3 amide bonds. The van der Waals surface area contributed by atoms with Gasteiger partial charge in [-0.2, -0.15) is 0 Å². The summed E-state index contributed by atoms with van der Waals surface area (Å²) in [5.74, 6) is 1.50. The summed E-state index contributed by atoms with van der Waals surface area (Å²) in [4.78, 5) is 34.3. The minimum Gasteiger partial charge on any atom is -0.497 e. The number of amides is 3. The Morgan fingerprint density at radius 1 is 1.12 bits per heavy atom. The van der Waals surface area contributed by atoms with E-state index < -0.39 is 11.7 Å². The van der Waals surface area contributed by atoms with Gasteiger partial charge in [0.2, 0.25) is 0 Å². The number of nitrogens with one attached hydrogen (secondary N) is 1. The number of hydrogen-bond acceptors (Lipinski definition) is 5. The standard InChI is InChI=1S/C24H31N5O4/c1-32-19-6-4-18(5-7-19)16-26-21(30)20-17-29-15-10-25-22(29)24(33-20)8-13-28(14-9-24)23(31)27-11-2-3-12-27/h4-7,10,15,20H,2-3,8-9,11-14,16-17H2,1H3,(H,26,30). The Hall–Kier alpha value is -3.07. The van der Waals surface area contributed by atoms with Gasteiger partial charge in [0.1, 0.15) is 17.2 Å². The second kappa shape index (κ2) is 9.05. The van der Waals surface area contributed by atoms with E-state index in [1.807, 2.05) is 44.8 Å². The van der Waals surface area contributed by atoms with Crippen LogP contribution in [0.25, 0.3) is 0 Å². The average Bonchev–Trinajstić information content (AvgIpc) is 3.56. The maximum absolute atomic E-state index is 13.0. The highest BCUT2D eigenvalue weighted by Gasteiger charge is 2.48. The zero-order valence-electron chi connectivity index (χ0n) is 19.0. The van der Waals surface area contributed by atoms with Gasteiger partial charge in [0.05, 0.1) is 13.7 Å². The van der Waals surface area contributed by atoms with Gasteiger partial charge in [0.15, 0.2) is 6.10 Å². The number of benzene rings is 1. The molecule has 9 nitrogen and oxygen atoms in total. The van der Waals surface area contributed by atoms with Crippen LogP contribution >= 0.6 is 0 Å². The Bertz CT molecular complexity index is 991. The zero-order chi connectivity index (χ0) is 22.8. The third-order valence-electron chi connectivity index (χ3n) is 6.99. The van der Waals surface area contributed by atoms with Crippen LogP contribution in [0.4, 0.5) is 4.79 Å². The lowest BCUT2D eigenvalue weighted by Crippen LogP contribution is -2.55. The van der Waals surface area contributed by atoms with Crippen molar-refractivity contribution >= 4 is 11.9 Å². The molecule has 1 aromatic carbocycles. The number of piperidine rings is 1. The molecule has 1 spiro atoms. The van der Waals surface area contributed by atoms with Crippen molar-refractivity contribution in [2.75, 3.05) is 33.3 Å². The van der Waals surface area contributed by atoms with Crippen LogP contribution in [0.2, 0.25) is 0 Å². The summed E-state index contributed by atoms with van der Waals surface area (Å²) in [5, 5.41) is 3.01. The summed E-state index contributed by atoms with van der Waals surface area (Å²) >= 11 is 0. The van der Waals surface area contributed by atoms with Crippen LogP contribution in [-0.4, -0.2) is 70.7 Å². The fraction of sp³-hybridized carbons (Fsp3) is 0.542. The minimum absolute atomic E-state index is 0.121. The number of carbonyl (C=O) groups is 2. The largest absolute Gasteiger partial charge is 0.497 e. The van der Waals surface area contributed by atoms with E-state index in [2.05, 4.69) is 10.3 Å². The second-order valence-corrected chi connectivity index (χ2v) is 9.03. The van der Waals surface area contributed by atoms with Crippen molar-refractivity contribution in [3.05, 3.63) is 48.0 Å². The molecule has 9 heteroatoms. The van der Waals surface area contributed by atoms with Gasteiger partial charge in [0.25, 0.3) is 5.91 Å². The molecule has 2 fully saturated rings. The summed E-state index contributed by atoms with van der Waals surface area (Å²) in [6.07, 6.45) is 6.49. The lowest BCUT2D eigenvalue weighted by atomic mass is 9.88. The molecule has 1 N–H and O–H groups in total. The SMILES string of the molecule is COc1ccc(CNC(=O)C2Cn3ccnc3C3(CCN(C(=O)N4CCCC4)CC3)O2)cc1. The first-order chi connectivity index (χ1) is 16.1.